The fraction of sp³-hybridized carbons (Fsp3) is 0.208. The zero-order chi connectivity index (χ0) is 22.1. The Morgan fingerprint density at radius 1 is 0.968 bits per heavy atom. The van der Waals surface area contributed by atoms with Gasteiger partial charge in [-0.05, 0) is 42.3 Å². The summed E-state index contributed by atoms with van der Waals surface area (Å²) in [6.07, 6.45) is 0.500. The second-order valence-corrected chi connectivity index (χ2v) is 6.63. The number of carbonyl (C=O) groups is 1. The summed E-state index contributed by atoms with van der Waals surface area (Å²) < 4.78 is 40.2. The number of methoxy groups -OCH3 is 1. The third-order valence-electron chi connectivity index (χ3n) is 4.54. The van der Waals surface area contributed by atoms with Crippen molar-refractivity contribution in [3.63, 3.8) is 0 Å². The number of benzene rings is 3. The highest BCUT2D eigenvalue weighted by molar-refractivity contribution is 5.95. The number of halogens is 2. The molecule has 0 fully saturated rings. The molecular formula is C24H23F2NO4. The van der Waals surface area contributed by atoms with Crippen LogP contribution in [0, 0.1) is 0 Å². The summed E-state index contributed by atoms with van der Waals surface area (Å²) in [5.41, 5.74) is 2.13. The van der Waals surface area contributed by atoms with Crippen LogP contribution in [0.25, 0.3) is 0 Å². The van der Waals surface area contributed by atoms with E-state index in [-0.39, 0.29) is 24.0 Å². The average molecular weight is 427 g/mol. The monoisotopic (exact) mass is 427 g/mol. The smallest absolute Gasteiger partial charge is 0.387 e. The minimum Gasteiger partial charge on any atom is -0.493 e. The van der Waals surface area contributed by atoms with E-state index in [9.17, 15) is 13.6 Å². The summed E-state index contributed by atoms with van der Waals surface area (Å²) in [6, 6.07) is 21.3. The van der Waals surface area contributed by atoms with Crippen molar-refractivity contribution in [1.82, 2.24) is 5.32 Å². The minimum atomic E-state index is -2.93. The number of hydrogen-bond donors (Lipinski definition) is 1. The Kier molecular flexibility index (Phi) is 7.81. The van der Waals surface area contributed by atoms with Crippen LogP contribution in [-0.2, 0) is 13.0 Å². The summed E-state index contributed by atoms with van der Waals surface area (Å²) >= 11 is 0. The molecule has 3 rings (SSSR count). The van der Waals surface area contributed by atoms with Crippen LogP contribution in [0.5, 0.6) is 17.2 Å². The molecule has 0 spiro atoms. The maximum absolute atomic E-state index is 12.7. The topological polar surface area (TPSA) is 56.8 Å². The first-order valence-corrected chi connectivity index (χ1v) is 9.72. The first-order chi connectivity index (χ1) is 15.1. The van der Waals surface area contributed by atoms with Crippen LogP contribution in [0.4, 0.5) is 8.78 Å². The molecule has 31 heavy (non-hydrogen) atoms. The zero-order valence-electron chi connectivity index (χ0n) is 17.0. The summed E-state index contributed by atoms with van der Waals surface area (Å²) in [5.74, 6) is 0.702. The number of ether oxygens (including phenoxy) is 3. The minimum absolute atomic E-state index is 0.0300. The van der Waals surface area contributed by atoms with Crippen LogP contribution in [-0.4, -0.2) is 26.2 Å². The summed E-state index contributed by atoms with van der Waals surface area (Å²) in [6.45, 7) is -2.29. The molecule has 1 N–H and O–H groups in total. The standard InChI is InChI=1S/C24H23F2NO4/c1-29-22-15-17(11-12-21(22)31-24(25)26)13-14-27-23(28)20-10-6-5-7-18(20)16-30-19-8-3-2-4-9-19/h2-12,15,24H,13-14,16H2,1H3,(H,27,28). The Morgan fingerprint density at radius 3 is 2.45 bits per heavy atom. The highest BCUT2D eigenvalue weighted by Gasteiger charge is 2.13. The Hall–Kier alpha value is -3.61. The largest absolute Gasteiger partial charge is 0.493 e. The molecule has 5 nitrogen and oxygen atoms in total. The van der Waals surface area contributed by atoms with E-state index in [0.29, 0.717) is 18.5 Å². The predicted molar refractivity (Wildman–Crippen MR) is 113 cm³/mol. The first-order valence-electron chi connectivity index (χ1n) is 9.72. The van der Waals surface area contributed by atoms with Gasteiger partial charge in [-0.3, -0.25) is 4.79 Å². The number of para-hydroxylation sites is 1. The molecule has 162 valence electrons. The first kappa shape index (κ1) is 22.1. The lowest BCUT2D eigenvalue weighted by molar-refractivity contribution is -0.0512. The van der Waals surface area contributed by atoms with Gasteiger partial charge in [-0.1, -0.05) is 42.5 Å². The van der Waals surface area contributed by atoms with Gasteiger partial charge in [0.15, 0.2) is 11.5 Å². The summed E-state index contributed by atoms with van der Waals surface area (Å²) in [5, 5.41) is 2.88. The SMILES string of the molecule is COc1cc(CCNC(=O)c2ccccc2COc2ccccc2)ccc1OC(F)F. The normalized spacial score (nSPS) is 10.6. The molecule has 0 aliphatic carbocycles. The van der Waals surface area contributed by atoms with Crippen molar-refractivity contribution in [3.05, 3.63) is 89.5 Å². The fourth-order valence-corrected chi connectivity index (χ4v) is 3.02. The van der Waals surface area contributed by atoms with Gasteiger partial charge in [0, 0.05) is 17.7 Å². The van der Waals surface area contributed by atoms with E-state index in [1.807, 2.05) is 42.5 Å². The molecule has 0 aromatic heterocycles. The third-order valence-corrected chi connectivity index (χ3v) is 4.54. The van der Waals surface area contributed by atoms with Crippen molar-refractivity contribution >= 4 is 5.91 Å². The number of alkyl halides is 2. The van der Waals surface area contributed by atoms with Gasteiger partial charge in [0.2, 0.25) is 0 Å². The number of hydrogen-bond acceptors (Lipinski definition) is 4. The lowest BCUT2D eigenvalue weighted by Crippen LogP contribution is -2.27. The van der Waals surface area contributed by atoms with E-state index in [0.717, 1.165) is 16.9 Å². The summed E-state index contributed by atoms with van der Waals surface area (Å²) in [7, 11) is 1.38. The van der Waals surface area contributed by atoms with Crippen LogP contribution < -0.4 is 19.5 Å². The molecule has 0 saturated heterocycles. The van der Waals surface area contributed by atoms with E-state index >= 15 is 0 Å². The highest BCUT2D eigenvalue weighted by Crippen LogP contribution is 2.29. The molecule has 0 unspecified atom stereocenters. The van der Waals surface area contributed by atoms with Gasteiger partial charge in [0.05, 0.1) is 7.11 Å². The van der Waals surface area contributed by atoms with Crippen molar-refractivity contribution in [3.8, 4) is 17.2 Å². The van der Waals surface area contributed by atoms with Gasteiger partial charge in [0.25, 0.3) is 5.91 Å². The van der Waals surface area contributed by atoms with Crippen molar-refractivity contribution < 1.29 is 27.8 Å². The molecule has 0 radical (unpaired) electrons. The molecule has 0 atom stereocenters. The maximum Gasteiger partial charge on any atom is 0.387 e. The Bertz CT molecular complexity index is 996. The van der Waals surface area contributed by atoms with E-state index < -0.39 is 6.61 Å². The van der Waals surface area contributed by atoms with Crippen molar-refractivity contribution in [2.45, 2.75) is 19.6 Å². The van der Waals surface area contributed by atoms with Crippen LogP contribution in [0.2, 0.25) is 0 Å². The number of amides is 1. The highest BCUT2D eigenvalue weighted by atomic mass is 19.3. The number of nitrogens with one attached hydrogen (secondary N) is 1. The molecule has 3 aromatic rings. The second kappa shape index (κ2) is 11.0. The molecule has 1 amide bonds. The van der Waals surface area contributed by atoms with Crippen molar-refractivity contribution in [1.29, 1.82) is 0 Å². The van der Waals surface area contributed by atoms with E-state index in [2.05, 4.69) is 10.1 Å². The Morgan fingerprint density at radius 2 is 1.71 bits per heavy atom. The van der Waals surface area contributed by atoms with Crippen molar-refractivity contribution in [2.24, 2.45) is 0 Å². The zero-order valence-corrected chi connectivity index (χ0v) is 17.0. The third kappa shape index (κ3) is 6.44. The molecule has 7 heteroatoms. The average Bonchev–Trinajstić information content (AvgIpc) is 2.79. The van der Waals surface area contributed by atoms with Crippen LogP contribution >= 0.6 is 0 Å². The van der Waals surface area contributed by atoms with E-state index in [1.165, 1.54) is 13.2 Å². The molecule has 3 aromatic carbocycles. The molecule has 0 aliphatic rings. The van der Waals surface area contributed by atoms with E-state index in [4.69, 9.17) is 9.47 Å². The lowest BCUT2D eigenvalue weighted by Gasteiger charge is -2.13. The molecule has 0 bridgehead atoms. The molecule has 0 heterocycles. The van der Waals surface area contributed by atoms with Crippen LogP contribution in [0.3, 0.4) is 0 Å². The Balaban J connectivity index is 1.57. The van der Waals surface area contributed by atoms with Gasteiger partial charge in [-0.2, -0.15) is 8.78 Å². The van der Waals surface area contributed by atoms with Crippen LogP contribution in [0.1, 0.15) is 21.5 Å². The fourth-order valence-electron chi connectivity index (χ4n) is 3.02. The predicted octanol–water partition coefficient (Wildman–Crippen LogP) is 4.85. The van der Waals surface area contributed by atoms with Gasteiger partial charge in [-0.25, -0.2) is 0 Å². The molecule has 0 saturated carbocycles. The Labute approximate surface area is 179 Å². The lowest BCUT2D eigenvalue weighted by atomic mass is 10.1. The van der Waals surface area contributed by atoms with Crippen molar-refractivity contribution in [2.75, 3.05) is 13.7 Å². The molecule has 0 aliphatic heterocycles. The van der Waals surface area contributed by atoms with Crippen LogP contribution in [0.15, 0.2) is 72.8 Å². The maximum atomic E-state index is 12.7. The quantitative estimate of drug-likeness (QED) is 0.503. The van der Waals surface area contributed by atoms with Gasteiger partial charge >= 0.3 is 6.61 Å². The second-order valence-electron chi connectivity index (χ2n) is 6.63. The van der Waals surface area contributed by atoms with Gasteiger partial charge < -0.3 is 19.5 Å². The molecular weight excluding hydrogens is 404 g/mol. The summed E-state index contributed by atoms with van der Waals surface area (Å²) in [4.78, 5) is 12.7. The van der Waals surface area contributed by atoms with E-state index in [1.54, 1.807) is 24.3 Å². The number of rotatable bonds is 10. The van der Waals surface area contributed by atoms with Gasteiger partial charge in [-0.15, -0.1) is 0 Å². The number of carbonyl (C=O) groups excluding carboxylic acids is 1. The van der Waals surface area contributed by atoms with Gasteiger partial charge in [0.1, 0.15) is 12.4 Å².